The third-order valence-electron chi connectivity index (χ3n) is 3.82. The van der Waals surface area contributed by atoms with Crippen LogP contribution in [0.2, 0.25) is 5.02 Å². The Hall–Kier alpha value is -2.38. The second-order valence-electron chi connectivity index (χ2n) is 5.76. The lowest BCUT2D eigenvalue weighted by atomic mass is 10.2. The third-order valence-corrected chi connectivity index (χ3v) is 4.55. The van der Waals surface area contributed by atoms with Gasteiger partial charge in [-0.2, -0.15) is 10.2 Å². The molecule has 0 radical (unpaired) electrons. The van der Waals surface area contributed by atoms with Gasteiger partial charge in [-0.15, -0.1) is 0 Å². The zero-order valence-corrected chi connectivity index (χ0v) is 15.6. The van der Waals surface area contributed by atoms with E-state index in [2.05, 4.69) is 27.6 Å². The fourth-order valence-electron chi connectivity index (χ4n) is 2.41. The molecule has 0 aliphatic rings. The number of halogens is 1. The van der Waals surface area contributed by atoms with E-state index in [4.69, 9.17) is 23.8 Å². The second-order valence-corrected chi connectivity index (χ2v) is 6.56. The number of nitrogens with zero attached hydrogens (tertiary/aromatic N) is 5. The number of thiocarbonyl (C=S) groups is 1. The maximum absolute atomic E-state index is 6.15. The quantitative estimate of drug-likeness (QED) is 0.695. The van der Waals surface area contributed by atoms with Crippen LogP contribution in [0.5, 0.6) is 0 Å². The van der Waals surface area contributed by atoms with E-state index in [0.717, 1.165) is 17.9 Å². The van der Waals surface area contributed by atoms with E-state index in [1.54, 1.807) is 17.1 Å². The Morgan fingerprint density at radius 3 is 2.68 bits per heavy atom. The van der Waals surface area contributed by atoms with E-state index in [-0.39, 0.29) is 0 Å². The number of aryl methyl sites for hydroxylation is 1. The van der Waals surface area contributed by atoms with Gasteiger partial charge < -0.3 is 10.2 Å². The predicted octanol–water partition coefficient (Wildman–Crippen LogP) is 3.15. The number of benzene rings is 1. The average molecular weight is 375 g/mol. The van der Waals surface area contributed by atoms with Gasteiger partial charge in [-0.05, 0) is 17.8 Å². The molecule has 0 aliphatic heterocycles. The highest BCUT2D eigenvalue weighted by atomic mass is 35.5. The molecule has 2 aromatic heterocycles. The molecule has 130 valence electrons. The van der Waals surface area contributed by atoms with E-state index in [0.29, 0.717) is 16.7 Å². The largest absolute Gasteiger partial charge is 0.346 e. The first-order valence-corrected chi connectivity index (χ1v) is 8.56. The fourth-order valence-corrected chi connectivity index (χ4v) is 2.82. The second kappa shape index (κ2) is 7.67. The molecule has 6 nitrogen and oxygen atoms in total. The van der Waals surface area contributed by atoms with Crippen LogP contribution < -0.4 is 5.32 Å². The molecule has 8 heteroatoms. The van der Waals surface area contributed by atoms with Crippen molar-refractivity contribution in [2.75, 3.05) is 12.4 Å². The monoisotopic (exact) mass is 374 g/mol. The number of nitrogens with one attached hydrogen (secondary N) is 1. The molecule has 0 saturated heterocycles. The first-order valence-electron chi connectivity index (χ1n) is 7.78. The molecule has 0 saturated carbocycles. The van der Waals surface area contributed by atoms with Crippen LogP contribution in [-0.2, 0) is 20.1 Å². The van der Waals surface area contributed by atoms with Crippen molar-refractivity contribution >= 4 is 34.6 Å². The summed E-state index contributed by atoms with van der Waals surface area (Å²) in [5.41, 5.74) is 2.96. The van der Waals surface area contributed by atoms with Gasteiger partial charge in [0.2, 0.25) is 0 Å². The first kappa shape index (κ1) is 17.4. The van der Waals surface area contributed by atoms with Crippen LogP contribution in [0.15, 0.2) is 48.9 Å². The molecule has 0 atom stereocenters. The van der Waals surface area contributed by atoms with Crippen LogP contribution in [0.1, 0.15) is 11.3 Å². The molecule has 1 aromatic carbocycles. The molecule has 0 spiro atoms. The van der Waals surface area contributed by atoms with Crippen molar-refractivity contribution in [3.05, 3.63) is 65.2 Å². The Kier molecular flexibility index (Phi) is 5.35. The minimum absolute atomic E-state index is 0.569. The lowest BCUT2D eigenvalue weighted by molar-refractivity contribution is 0.482. The molecule has 0 unspecified atom stereocenters. The first-order chi connectivity index (χ1) is 12.0. The van der Waals surface area contributed by atoms with Gasteiger partial charge in [-0.1, -0.05) is 41.9 Å². The number of hydrogen-bond donors (Lipinski definition) is 1. The molecule has 2 heterocycles. The minimum Gasteiger partial charge on any atom is -0.346 e. The summed E-state index contributed by atoms with van der Waals surface area (Å²) in [5, 5.41) is 12.9. The highest BCUT2D eigenvalue weighted by molar-refractivity contribution is 7.80. The van der Waals surface area contributed by atoms with Gasteiger partial charge in [0.05, 0.1) is 41.9 Å². The third kappa shape index (κ3) is 4.37. The number of hydrogen-bond acceptors (Lipinski definition) is 3. The van der Waals surface area contributed by atoms with Crippen LogP contribution in [0.4, 0.5) is 5.69 Å². The summed E-state index contributed by atoms with van der Waals surface area (Å²) < 4.78 is 3.62. The van der Waals surface area contributed by atoms with Gasteiger partial charge in [0.15, 0.2) is 5.11 Å². The zero-order valence-electron chi connectivity index (χ0n) is 14.1. The number of rotatable bonds is 5. The molecule has 0 aliphatic carbocycles. The van der Waals surface area contributed by atoms with Gasteiger partial charge in [0, 0.05) is 20.3 Å². The normalized spacial score (nSPS) is 10.7. The standard InChI is InChI=1S/C17H19ClN6S/c1-22(12-16-15(18)9-19-23(16)2)17(25)21-14-8-20-24(11-14)10-13-6-4-3-5-7-13/h3-9,11H,10,12H2,1-2H3,(H,21,25). The van der Waals surface area contributed by atoms with Crippen molar-refractivity contribution in [2.45, 2.75) is 13.1 Å². The Bertz CT molecular complexity index is 838. The van der Waals surface area contributed by atoms with Crippen molar-refractivity contribution in [3.63, 3.8) is 0 Å². The van der Waals surface area contributed by atoms with Gasteiger partial charge in [-0.25, -0.2) is 0 Å². The van der Waals surface area contributed by atoms with Gasteiger partial charge in [0.1, 0.15) is 0 Å². The summed E-state index contributed by atoms with van der Waals surface area (Å²) in [5.74, 6) is 0. The lowest BCUT2D eigenvalue weighted by Gasteiger charge is -2.20. The summed E-state index contributed by atoms with van der Waals surface area (Å²) in [4.78, 5) is 1.91. The SMILES string of the molecule is CN(Cc1c(Cl)cnn1C)C(=S)Nc1cnn(Cc2ccccc2)c1. The molecule has 3 aromatic rings. The summed E-state index contributed by atoms with van der Waals surface area (Å²) in [7, 11) is 3.77. The van der Waals surface area contributed by atoms with E-state index < -0.39 is 0 Å². The van der Waals surface area contributed by atoms with Crippen LogP contribution in [0.25, 0.3) is 0 Å². The van der Waals surface area contributed by atoms with Gasteiger partial charge in [-0.3, -0.25) is 9.36 Å². The highest BCUT2D eigenvalue weighted by Crippen LogP contribution is 2.16. The number of aromatic nitrogens is 4. The van der Waals surface area contributed by atoms with Crippen LogP contribution in [0, 0.1) is 0 Å². The fraction of sp³-hybridized carbons (Fsp3) is 0.235. The molecule has 3 rings (SSSR count). The Morgan fingerprint density at radius 1 is 1.24 bits per heavy atom. The van der Waals surface area contributed by atoms with Crippen LogP contribution in [0.3, 0.4) is 0 Å². The highest BCUT2D eigenvalue weighted by Gasteiger charge is 2.12. The minimum atomic E-state index is 0.569. The molecule has 0 amide bonds. The maximum atomic E-state index is 6.15. The van der Waals surface area contributed by atoms with E-state index in [1.165, 1.54) is 5.56 Å². The molecular weight excluding hydrogens is 356 g/mol. The zero-order chi connectivity index (χ0) is 17.8. The number of anilines is 1. The molecular formula is C17H19ClN6S. The average Bonchev–Trinajstić information content (AvgIpc) is 3.16. The van der Waals surface area contributed by atoms with Crippen molar-refractivity contribution < 1.29 is 0 Å². The van der Waals surface area contributed by atoms with Gasteiger partial charge in [0.25, 0.3) is 0 Å². The van der Waals surface area contributed by atoms with Crippen LogP contribution in [-0.4, -0.2) is 36.6 Å². The molecule has 0 bridgehead atoms. The topological polar surface area (TPSA) is 50.9 Å². The molecule has 25 heavy (non-hydrogen) atoms. The summed E-state index contributed by atoms with van der Waals surface area (Å²) >= 11 is 11.6. The lowest BCUT2D eigenvalue weighted by Crippen LogP contribution is -2.31. The predicted molar refractivity (Wildman–Crippen MR) is 104 cm³/mol. The summed E-state index contributed by atoms with van der Waals surface area (Å²) in [6, 6.07) is 10.2. The molecule has 1 N–H and O–H groups in total. The van der Waals surface area contributed by atoms with E-state index in [9.17, 15) is 0 Å². The van der Waals surface area contributed by atoms with Crippen molar-refractivity contribution in [1.29, 1.82) is 0 Å². The summed E-state index contributed by atoms with van der Waals surface area (Å²) in [6.07, 6.45) is 5.33. The maximum Gasteiger partial charge on any atom is 0.173 e. The Balaban J connectivity index is 1.59. The van der Waals surface area contributed by atoms with Crippen molar-refractivity contribution in [2.24, 2.45) is 7.05 Å². The smallest absolute Gasteiger partial charge is 0.173 e. The molecule has 0 fully saturated rings. The summed E-state index contributed by atoms with van der Waals surface area (Å²) in [6.45, 7) is 1.29. The van der Waals surface area contributed by atoms with Crippen molar-refractivity contribution in [1.82, 2.24) is 24.5 Å². The Labute approximate surface area is 157 Å². The Morgan fingerprint density at radius 2 is 2.00 bits per heavy atom. The van der Waals surface area contributed by atoms with Gasteiger partial charge >= 0.3 is 0 Å². The van der Waals surface area contributed by atoms with Crippen molar-refractivity contribution in [3.8, 4) is 0 Å². The van der Waals surface area contributed by atoms with E-state index in [1.807, 2.05) is 48.1 Å². The van der Waals surface area contributed by atoms with Crippen LogP contribution >= 0.6 is 23.8 Å². The van der Waals surface area contributed by atoms with E-state index >= 15 is 0 Å².